The minimum atomic E-state index is -0.456. The average Bonchev–Trinajstić information content (AvgIpc) is 2.75. The van der Waals surface area contributed by atoms with E-state index in [2.05, 4.69) is 20.6 Å². The quantitative estimate of drug-likeness (QED) is 0.621. The third kappa shape index (κ3) is 4.73. The number of ether oxygens (including phenoxy) is 1. The Morgan fingerprint density at radius 2 is 1.69 bits per heavy atom. The van der Waals surface area contributed by atoms with Crippen LogP contribution >= 0.6 is 0 Å². The number of hydrogen-bond donors (Lipinski definition) is 2. The summed E-state index contributed by atoms with van der Waals surface area (Å²) < 4.78 is 5.04. The van der Waals surface area contributed by atoms with Gasteiger partial charge in [-0.2, -0.15) is 5.26 Å². The number of esters is 1. The number of benzene rings is 2. The Labute approximate surface area is 167 Å². The molecule has 29 heavy (non-hydrogen) atoms. The molecule has 0 aliphatic rings. The van der Waals surface area contributed by atoms with Crippen molar-refractivity contribution >= 4 is 29.2 Å². The maximum atomic E-state index is 12.4. The standard InChI is InChI=1S/C21H17N5O3/c1-2-29-20(28)16-8-4-6-10-18(16)26-21-23-12-15(13-24-21)19(27)25-17-9-5-3-7-14(17)11-22/h3-10,12-13H,2H2,1H3,(H,25,27)(H,23,24,26). The van der Waals surface area contributed by atoms with E-state index in [1.165, 1.54) is 12.4 Å². The molecule has 144 valence electrons. The summed E-state index contributed by atoms with van der Waals surface area (Å²) in [5.74, 6) is -0.676. The monoisotopic (exact) mass is 387 g/mol. The first-order valence-electron chi connectivity index (χ1n) is 8.78. The fourth-order valence-electron chi connectivity index (χ4n) is 2.49. The summed E-state index contributed by atoms with van der Waals surface area (Å²) >= 11 is 0. The molecule has 1 heterocycles. The Kier molecular flexibility index (Phi) is 6.12. The van der Waals surface area contributed by atoms with Crippen LogP contribution in [0.15, 0.2) is 60.9 Å². The topological polar surface area (TPSA) is 117 Å². The lowest BCUT2D eigenvalue weighted by molar-refractivity contribution is 0.0527. The fourth-order valence-corrected chi connectivity index (χ4v) is 2.49. The van der Waals surface area contributed by atoms with Crippen LogP contribution in [-0.2, 0) is 4.74 Å². The second-order valence-corrected chi connectivity index (χ2v) is 5.80. The summed E-state index contributed by atoms with van der Waals surface area (Å²) in [5, 5.41) is 14.7. The summed E-state index contributed by atoms with van der Waals surface area (Å²) in [4.78, 5) is 32.7. The van der Waals surface area contributed by atoms with E-state index in [4.69, 9.17) is 10.00 Å². The molecular formula is C21H17N5O3. The highest BCUT2D eigenvalue weighted by Gasteiger charge is 2.14. The van der Waals surface area contributed by atoms with Crippen LogP contribution in [0.25, 0.3) is 0 Å². The Morgan fingerprint density at radius 3 is 2.38 bits per heavy atom. The van der Waals surface area contributed by atoms with Crippen molar-refractivity contribution in [3.63, 3.8) is 0 Å². The SMILES string of the molecule is CCOC(=O)c1ccccc1Nc1ncc(C(=O)Nc2ccccc2C#N)cn1. The molecule has 3 rings (SSSR count). The van der Waals surface area contributed by atoms with E-state index in [9.17, 15) is 9.59 Å². The molecule has 8 heteroatoms. The van der Waals surface area contributed by atoms with Crippen LogP contribution in [0.2, 0.25) is 0 Å². The molecule has 0 spiro atoms. The molecule has 0 saturated heterocycles. The van der Waals surface area contributed by atoms with Crippen LogP contribution in [0.5, 0.6) is 0 Å². The smallest absolute Gasteiger partial charge is 0.340 e. The zero-order valence-corrected chi connectivity index (χ0v) is 15.5. The lowest BCUT2D eigenvalue weighted by Crippen LogP contribution is -2.14. The van der Waals surface area contributed by atoms with Gasteiger partial charge in [-0.1, -0.05) is 24.3 Å². The summed E-state index contributed by atoms with van der Waals surface area (Å²) in [6, 6.07) is 15.5. The van der Waals surface area contributed by atoms with Gasteiger partial charge in [-0.15, -0.1) is 0 Å². The van der Waals surface area contributed by atoms with Crippen molar-refractivity contribution < 1.29 is 14.3 Å². The Bertz CT molecular complexity index is 1070. The molecular weight excluding hydrogens is 370 g/mol. The summed E-state index contributed by atoms with van der Waals surface area (Å²) in [6.45, 7) is 2.00. The molecule has 0 unspecified atom stereocenters. The highest BCUT2D eigenvalue weighted by molar-refractivity contribution is 6.04. The molecule has 0 saturated carbocycles. The van der Waals surface area contributed by atoms with E-state index in [1.807, 2.05) is 6.07 Å². The first kappa shape index (κ1) is 19.5. The van der Waals surface area contributed by atoms with Crippen LogP contribution in [0.3, 0.4) is 0 Å². The lowest BCUT2D eigenvalue weighted by Gasteiger charge is -2.10. The Balaban J connectivity index is 1.74. The zero-order valence-electron chi connectivity index (χ0n) is 15.5. The van der Waals surface area contributed by atoms with Gasteiger partial charge in [0.2, 0.25) is 5.95 Å². The van der Waals surface area contributed by atoms with Gasteiger partial charge >= 0.3 is 5.97 Å². The van der Waals surface area contributed by atoms with Gasteiger partial charge in [0.25, 0.3) is 5.91 Å². The highest BCUT2D eigenvalue weighted by Crippen LogP contribution is 2.20. The van der Waals surface area contributed by atoms with Crippen molar-refractivity contribution in [1.29, 1.82) is 5.26 Å². The maximum Gasteiger partial charge on any atom is 0.340 e. The van der Waals surface area contributed by atoms with E-state index < -0.39 is 11.9 Å². The predicted molar refractivity (Wildman–Crippen MR) is 107 cm³/mol. The highest BCUT2D eigenvalue weighted by atomic mass is 16.5. The van der Waals surface area contributed by atoms with Crippen LogP contribution < -0.4 is 10.6 Å². The number of nitriles is 1. The first-order valence-corrected chi connectivity index (χ1v) is 8.78. The second-order valence-electron chi connectivity index (χ2n) is 5.80. The number of carbonyl (C=O) groups is 2. The number of hydrogen-bond acceptors (Lipinski definition) is 7. The maximum absolute atomic E-state index is 12.4. The van der Waals surface area contributed by atoms with Crippen molar-refractivity contribution in [2.45, 2.75) is 6.92 Å². The molecule has 3 aromatic rings. The number of nitrogens with zero attached hydrogens (tertiary/aromatic N) is 3. The minimum absolute atomic E-state index is 0.218. The number of nitrogens with one attached hydrogen (secondary N) is 2. The molecule has 0 fully saturated rings. The molecule has 1 amide bonds. The fraction of sp³-hybridized carbons (Fsp3) is 0.0952. The number of anilines is 3. The molecule has 0 radical (unpaired) electrons. The molecule has 2 N–H and O–H groups in total. The van der Waals surface area contributed by atoms with Crippen molar-refractivity contribution in [3.05, 3.63) is 77.6 Å². The Hall–Kier alpha value is -4.25. The molecule has 1 aromatic heterocycles. The first-order chi connectivity index (χ1) is 14.1. The molecule has 2 aromatic carbocycles. The van der Waals surface area contributed by atoms with Crippen LogP contribution in [0, 0.1) is 11.3 Å². The van der Waals surface area contributed by atoms with Crippen LogP contribution in [0.4, 0.5) is 17.3 Å². The summed E-state index contributed by atoms with van der Waals surface area (Å²) in [6.07, 6.45) is 2.71. The van der Waals surface area contributed by atoms with Gasteiger partial charge in [-0.25, -0.2) is 14.8 Å². The van der Waals surface area contributed by atoms with Crippen molar-refractivity contribution in [3.8, 4) is 6.07 Å². The van der Waals surface area contributed by atoms with E-state index >= 15 is 0 Å². The van der Waals surface area contributed by atoms with E-state index in [0.717, 1.165) is 0 Å². The minimum Gasteiger partial charge on any atom is -0.462 e. The Morgan fingerprint density at radius 1 is 1.03 bits per heavy atom. The normalized spacial score (nSPS) is 9.93. The van der Waals surface area contributed by atoms with E-state index in [1.54, 1.807) is 55.5 Å². The molecule has 0 aliphatic heterocycles. The third-order valence-electron chi connectivity index (χ3n) is 3.88. The van der Waals surface area contributed by atoms with Gasteiger partial charge in [0.15, 0.2) is 0 Å². The van der Waals surface area contributed by atoms with Crippen molar-refractivity contribution in [2.75, 3.05) is 17.2 Å². The lowest BCUT2D eigenvalue weighted by atomic mass is 10.2. The van der Waals surface area contributed by atoms with Gasteiger partial charge in [-0.3, -0.25) is 4.79 Å². The van der Waals surface area contributed by atoms with Crippen LogP contribution in [-0.4, -0.2) is 28.5 Å². The largest absolute Gasteiger partial charge is 0.462 e. The third-order valence-corrected chi connectivity index (χ3v) is 3.88. The number of para-hydroxylation sites is 2. The van der Waals surface area contributed by atoms with Crippen molar-refractivity contribution in [2.24, 2.45) is 0 Å². The average molecular weight is 387 g/mol. The van der Waals surface area contributed by atoms with Gasteiger partial charge < -0.3 is 15.4 Å². The number of aromatic nitrogens is 2. The van der Waals surface area contributed by atoms with Gasteiger partial charge in [0.05, 0.1) is 34.7 Å². The zero-order chi connectivity index (χ0) is 20.6. The van der Waals surface area contributed by atoms with E-state index in [-0.39, 0.29) is 18.1 Å². The van der Waals surface area contributed by atoms with Crippen LogP contribution in [0.1, 0.15) is 33.2 Å². The van der Waals surface area contributed by atoms with E-state index in [0.29, 0.717) is 22.5 Å². The van der Waals surface area contributed by atoms with Crippen molar-refractivity contribution in [1.82, 2.24) is 9.97 Å². The number of rotatable bonds is 6. The number of carbonyl (C=O) groups excluding carboxylic acids is 2. The molecule has 8 nitrogen and oxygen atoms in total. The van der Waals surface area contributed by atoms with Gasteiger partial charge in [0.1, 0.15) is 6.07 Å². The summed E-state index contributed by atoms with van der Waals surface area (Å²) in [5.41, 5.74) is 1.84. The summed E-state index contributed by atoms with van der Waals surface area (Å²) in [7, 11) is 0. The molecule has 0 atom stereocenters. The number of amides is 1. The van der Waals surface area contributed by atoms with Gasteiger partial charge in [0, 0.05) is 12.4 Å². The predicted octanol–water partition coefficient (Wildman–Crippen LogP) is 3.52. The molecule has 0 aliphatic carbocycles. The van der Waals surface area contributed by atoms with Gasteiger partial charge in [-0.05, 0) is 31.2 Å². The molecule has 0 bridgehead atoms. The second kappa shape index (κ2) is 9.10.